The SMILES string of the molecule is CCN(c1c(C(=O)O)ccc(C)c1C)S(=O)(=O)c1nc2nc(C)ccn2n1. The maximum absolute atomic E-state index is 13.2. The zero-order valence-electron chi connectivity index (χ0n) is 15.3. The zero-order chi connectivity index (χ0) is 19.9. The summed E-state index contributed by atoms with van der Waals surface area (Å²) < 4.78 is 28.7. The highest BCUT2D eigenvalue weighted by atomic mass is 32.2. The van der Waals surface area contributed by atoms with Crippen LogP contribution in [-0.2, 0) is 10.0 Å². The fraction of sp³-hybridized carbons (Fsp3) is 0.294. The molecule has 0 radical (unpaired) electrons. The van der Waals surface area contributed by atoms with E-state index in [1.165, 1.54) is 10.6 Å². The Morgan fingerprint density at radius 3 is 2.52 bits per heavy atom. The van der Waals surface area contributed by atoms with Gasteiger partial charge in [-0.1, -0.05) is 6.07 Å². The van der Waals surface area contributed by atoms with E-state index in [2.05, 4.69) is 15.1 Å². The highest BCUT2D eigenvalue weighted by molar-refractivity contribution is 7.92. The molecule has 0 aliphatic carbocycles. The highest BCUT2D eigenvalue weighted by Crippen LogP contribution is 2.31. The lowest BCUT2D eigenvalue weighted by atomic mass is 10.0. The van der Waals surface area contributed by atoms with E-state index in [1.807, 2.05) is 0 Å². The van der Waals surface area contributed by atoms with Crippen LogP contribution < -0.4 is 4.31 Å². The molecule has 0 saturated heterocycles. The standard InChI is InChI=1S/C17H19N5O4S/c1-5-22(14-12(4)10(2)6-7-13(14)15(23)24)27(25,26)17-19-16-18-11(3)8-9-21(16)20-17/h6-9H,5H2,1-4H3,(H,23,24). The summed E-state index contributed by atoms with van der Waals surface area (Å²) in [5, 5.41) is 13.1. The number of hydrogen-bond acceptors (Lipinski definition) is 6. The van der Waals surface area contributed by atoms with Crippen LogP contribution in [-0.4, -0.2) is 45.6 Å². The quantitative estimate of drug-likeness (QED) is 0.708. The number of rotatable bonds is 5. The summed E-state index contributed by atoms with van der Waals surface area (Å²) in [4.78, 5) is 19.9. The van der Waals surface area contributed by atoms with Crippen molar-refractivity contribution in [2.45, 2.75) is 32.9 Å². The normalized spacial score (nSPS) is 11.7. The molecule has 0 amide bonds. The average molecular weight is 389 g/mol. The van der Waals surface area contributed by atoms with Gasteiger partial charge in [-0.15, -0.1) is 5.10 Å². The van der Waals surface area contributed by atoms with Crippen LogP contribution in [0.5, 0.6) is 0 Å². The summed E-state index contributed by atoms with van der Waals surface area (Å²) in [7, 11) is -4.19. The van der Waals surface area contributed by atoms with Crippen LogP contribution in [0.15, 0.2) is 29.6 Å². The molecule has 10 heteroatoms. The van der Waals surface area contributed by atoms with Gasteiger partial charge in [-0.2, -0.15) is 13.4 Å². The molecule has 0 bridgehead atoms. The Morgan fingerprint density at radius 2 is 1.89 bits per heavy atom. The molecule has 3 rings (SSSR count). The third-order valence-corrected chi connectivity index (χ3v) is 5.97. The van der Waals surface area contributed by atoms with E-state index in [9.17, 15) is 18.3 Å². The number of nitrogens with zero attached hydrogens (tertiary/aromatic N) is 5. The van der Waals surface area contributed by atoms with Gasteiger partial charge in [0.25, 0.3) is 10.9 Å². The fourth-order valence-corrected chi connectivity index (χ4v) is 4.20. The Labute approximate surface area is 156 Å². The van der Waals surface area contributed by atoms with Gasteiger partial charge < -0.3 is 5.11 Å². The summed E-state index contributed by atoms with van der Waals surface area (Å²) in [6.45, 7) is 6.90. The zero-order valence-corrected chi connectivity index (χ0v) is 16.1. The Balaban J connectivity index is 2.22. The summed E-state index contributed by atoms with van der Waals surface area (Å²) in [5.41, 5.74) is 2.05. The lowest BCUT2D eigenvalue weighted by Gasteiger charge is -2.25. The van der Waals surface area contributed by atoms with E-state index in [4.69, 9.17) is 0 Å². The van der Waals surface area contributed by atoms with Crippen molar-refractivity contribution in [3.63, 3.8) is 0 Å². The third kappa shape index (κ3) is 3.12. The highest BCUT2D eigenvalue weighted by Gasteiger charge is 2.32. The van der Waals surface area contributed by atoms with Crippen LogP contribution >= 0.6 is 0 Å². The smallest absolute Gasteiger partial charge is 0.337 e. The van der Waals surface area contributed by atoms with E-state index in [1.54, 1.807) is 46.0 Å². The van der Waals surface area contributed by atoms with Gasteiger partial charge in [-0.05, 0) is 51.0 Å². The molecule has 2 aromatic heterocycles. The van der Waals surface area contributed by atoms with Crippen molar-refractivity contribution >= 4 is 27.5 Å². The van der Waals surface area contributed by atoms with Crippen LogP contribution in [0, 0.1) is 20.8 Å². The Morgan fingerprint density at radius 1 is 1.19 bits per heavy atom. The molecule has 0 aliphatic heterocycles. The second-order valence-corrected chi connectivity index (χ2v) is 7.84. The van der Waals surface area contributed by atoms with E-state index < -0.39 is 21.1 Å². The van der Waals surface area contributed by atoms with E-state index >= 15 is 0 Å². The van der Waals surface area contributed by atoms with Crippen molar-refractivity contribution in [2.24, 2.45) is 0 Å². The number of aromatic nitrogens is 4. The monoisotopic (exact) mass is 389 g/mol. The Hall–Kier alpha value is -3.01. The number of benzene rings is 1. The second kappa shape index (κ2) is 6.62. The minimum atomic E-state index is -4.19. The molecule has 0 aliphatic rings. The average Bonchev–Trinajstić information content (AvgIpc) is 3.02. The van der Waals surface area contributed by atoms with Gasteiger partial charge in [0.15, 0.2) is 0 Å². The molecule has 0 spiro atoms. The van der Waals surface area contributed by atoms with Crippen molar-refractivity contribution in [3.05, 3.63) is 46.8 Å². The number of fused-ring (bicyclic) bond motifs is 1. The molecule has 1 N–H and O–H groups in total. The Kier molecular flexibility index (Phi) is 4.60. The summed E-state index contributed by atoms with van der Waals surface area (Å²) in [6, 6.07) is 4.74. The number of carboxylic acids is 1. The molecular weight excluding hydrogens is 370 g/mol. The molecule has 0 atom stereocenters. The van der Waals surface area contributed by atoms with Gasteiger partial charge >= 0.3 is 16.0 Å². The van der Waals surface area contributed by atoms with E-state index in [-0.39, 0.29) is 23.6 Å². The van der Waals surface area contributed by atoms with Crippen molar-refractivity contribution in [3.8, 4) is 0 Å². The summed E-state index contributed by atoms with van der Waals surface area (Å²) in [5.74, 6) is -1.05. The summed E-state index contributed by atoms with van der Waals surface area (Å²) >= 11 is 0. The fourth-order valence-electron chi connectivity index (χ4n) is 2.80. The largest absolute Gasteiger partial charge is 0.478 e. The minimum absolute atomic E-state index is 0.0227. The van der Waals surface area contributed by atoms with Crippen LogP contribution in [0.25, 0.3) is 5.78 Å². The minimum Gasteiger partial charge on any atom is -0.478 e. The lowest BCUT2D eigenvalue weighted by molar-refractivity contribution is 0.0697. The molecule has 9 nitrogen and oxygen atoms in total. The molecular formula is C17H19N5O4S. The van der Waals surface area contributed by atoms with Crippen molar-refractivity contribution < 1.29 is 18.3 Å². The maximum atomic E-state index is 13.2. The van der Waals surface area contributed by atoms with Crippen molar-refractivity contribution in [2.75, 3.05) is 10.8 Å². The second-order valence-electron chi connectivity index (χ2n) is 6.09. The first-order valence-corrected chi connectivity index (χ1v) is 9.67. The van der Waals surface area contributed by atoms with Crippen LogP contribution in [0.2, 0.25) is 0 Å². The number of sulfonamides is 1. The summed E-state index contributed by atoms with van der Waals surface area (Å²) in [6.07, 6.45) is 1.57. The molecule has 0 unspecified atom stereocenters. The van der Waals surface area contributed by atoms with E-state index in [0.29, 0.717) is 11.3 Å². The lowest BCUT2D eigenvalue weighted by Crippen LogP contribution is -2.33. The molecule has 1 aromatic carbocycles. The Bertz CT molecular complexity index is 1150. The van der Waals surface area contributed by atoms with Gasteiger partial charge in [-0.25, -0.2) is 14.3 Å². The predicted octanol–water partition coefficient (Wildman–Crippen LogP) is 1.96. The number of aryl methyl sites for hydroxylation is 2. The molecule has 142 valence electrons. The van der Waals surface area contributed by atoms with Gasteiger partial charge in [0.2, 0.25) is 0 Å². The number of carbonyl (C=O) groups is 1. The van der Waals surface area contributed by atoms with E-state index in [0.717, 1.165) is 9.87 Å². The van der Waals surface area contributed by atoms with Gasteiger partial charge in [0, 0.05) is 18.4 Å². The number of aromatic carboxylic acids is 1. The first-order valence-electron chi connectivity index (χ1n) is 8.23. The molecule has 0 fully saturated rings. The molecule has 2 heterocycles. The van der Waals surface area contributed by atoms with Crippen molar-refractivity contribution in [1.29, 1.82) is 0 Å². The van der Waals surface area contributed by atoms with Crippen molar-refractivity contribution in [1.82, 2.24) is 19.6 Å². The van der Waals surface area contributed by atoms with Gasteiger partial charge in [0.05, 0.1) is 11.3 Å². The number of carboxylic acid groups (broad SMARTS) is 1. The van der Waals surface area contributed by atoms with Crippen LogP contribution in [0.3, 0.4) is 0 Å². The molecule has 27 heavy (non-hydrogen) atoms. The molecule has 0 saturated carbocycles. The van der Waals surface area contributed by atoms with Gasteiger partial charge in [0.1, 0.15) is 0 Å². The first-order chi connectivity index (χ1) is 12.7. The number of hydrogen-bond donors (Lipinski definition) is 1. The maximum Gasteiger partial charge on any atom is 0.337 e. The first kappa shape index (κ1) is 18.8. The number of anilines is 1. The predicted molar refractivity (Wildman–Crippen MR) is 98.6 cm³/mol. The molecule has 3 aromatic rings. The topological polar surface area (TPSA) is 118 Å². The third-order valence-electron chi connectivity index (χ3n) is 4.32. The van der Waals surface area contributed by atoms with Crippen LogP contribution in [0.4, 0.5) is 5.69 Å². The van der Waals surface area contributed by atoms with Gasteiger partial charge in [-0.3, -0.25) is 4.31 Å². The van der Waals surface area contributed by atoms with Crippen LogP contribution in [0.1, 0.15) is 34.1 Å².